The van der Waals surface area contributed by atoms with Gasteiger partial charge in [-0.15, -0.1) is 0 Å². The number of morpholine rings is 1. The first-order valence-corrected chi connectivity index (χ1v) is 10.1. The molecule has 1 heterocycles. The third-order valence-corrected chi connectivity index (χ3v) is 5.25. The average molecular weight is 495 g/mol. The normalized spacial score (nSPS) is 14.8. The van der Waals surface area contributed by atoms with Crippen LogP contribution in [0.4, 0.5) is 13.2 Å². The maximum absolute atomic E-state index is 12.7. The standard InChI is InChI=1S/C22H18BrF3N2O3/c23-19-12-15(1-6-20(19)31-14-21(29)28-7-9-30-10-8-28)11-17(13-27)16-2-4-18(5-3-16)22(24,25)26/h1-6,11-12H,7-10,14H2. The Labute approximate surface area is 185 Å². The van der Waals surface area contributed by atoms with Crippen LogP contribution in [0, 0.1) is 11.3 Å². The fourth-order valence-electron chi connectivity index (χ4n) is 2.95. The summed E-state index contributed by atoms with van der Waals surface area (Å²) in [5.74, 6) is 0.333. The van der Waals surface area contributed by atoms with Crippen LogP contribution in [0.25, 0.3) is 11.6 Å². The van der Waals surface area contributed by atoms with Gasteiger partial charge in [0.15, 0.2) is 6.61 Å². The van der Waals surface area contributed by atoms with Crippen molar-refractivity contribution < 1.29 is 27.4 Å². The Morgan fingerprint density at radius 2 is 1.87 bits per heavy atom. The van der Waals surface area contributed by atoms with E-state index >= 15 is 0 Å². The molecule has 0 unspecified atom stereocenters. The average Bonchev–Trinajstić information content (AvgIpc) is 2.76. The third kappa shape index (κ3) is 6.09. The lowest BCUT2D eigenvalue weighted by atomic mass is 10.0. The van der Waals surface area contributed by atoms with E-state index in [9.17, 15) is 23.2 Å². The van der Waals surface area contributed by atoms with Crippen molar-refractivity contribution in [2.45, 2.75) is 6.18 Å². The molecular weight excluding hydrogens is 477 g/mol. The highest BCUT2D eigenvalue weighted by Crippen LogP contribution is 2.31. The molecule has 1 aliphatic heterocycles. The SMILES string of the molecule is N#CC(=Cc1ccc(OCC(=O)N2CCOCC2)c(Br)c1)c1ccc(C(F)(F)F)cc1. The summed E-state index contributed by atoms with van der Waals surface area (Å²) in [6, 6.07) is 11.5. The van der Waals surface area contributed by atoms with Crippen LogP contribution in [-0.2, 0) is 15.7 Å². The number of carbonyl (C=O) groups is 1. The topological polar surface area (TPSA) is 62.6 Å². The number of benzene rings is 2. The Morgan fingerprint density at radius 1 is 1.19 bits per heavy atom. The molecule has 1 aliphatic rings. The Bertz CT molecular complexity index is 1010. The van der Waals surface area contributed by atoms with Crippen molar-refractivity contribution in [2.75, 3.05) is 32.9 Å². The van der Waals surface area contributed by atoms with Gasteiger partial charge in [0.2, 0.25) is 0 Å². The van der Waals surface area contributed by atoms with Crippen LogP contribution < -0.4 is 4.74 Å². The molecule has 1 fully saturated rings. The zero-order valence-corrected chi connectivity index (χ0v) is 17.9. The Balaban J connectivity index is 1.70. The molecule has 1 amide bonds. The molecule has 162 valence electrons. The van der Waals surface area contributed by atoms with Crippen molar-refractivity contribution in [1.29, 1.82) is 5.26 Å². The van der Waals surface area contributed by atoms with Crippen molar-refractivity contribution in [2.24, 2.45) is 0 Å². The molecule has 0 N–H and O–H groups in total. The number of hydrogen-bond donors (Lipinski definition) is 0. The van der Waals surface area contributed by atoms with Gasteiger partial charge in [0, 0.05) is 13.1 Å². The van der Waals surface area contributed by atoms with Gasteiger partial charge in [-0.25, -0.2) is 0 Å². The van der Waals surface area contributed by atoms with E-state index in [0.29, 0.717) is 47.7 Å². The molecule has 0 radical (unpaired) electrons. The fourth-order valence-corrected chi connectivity index (χ4v) is 3.46. The number of amides is 1. The van der Waals surface area contributed by atoms with E-state index in [4.69, 9.17) is 9.47 Å². The van der Waals surface area contributed by atoms with Gasteiger partial charge in [-0.05, 0) is 57.4 Å². The molecular formula is C22H18BrF3N2O3. The van der Waals surface area contributed by atoms with Gasteiger partial charge in [-0.3, -0.25) is 4.79 Å². The van der Waals surface area contributed by atoms with Crippen LogP contribution in [0.15, 0.2) is 46.9 Å². The van der Waals surface area contributed by atoms with E-state index < -0.39 is 11.7 Å². The third-order valence-electron chi connectivity index (χ3n) is 4.63. The van der Waals surface area contributed by atoms with Crippen molar-refractivity contribution in [3.05, 3.63) is 63.6 Å². The molecule has 0 aliphatic carbocycles. The minimum atomic E-state index is -4.43. The second-order valence-electron chi connectivity index (χ2n) is 6.72. The van der Waals surface area contributed by atoms with Crippen molar-refractivity contribution >= 4 is 33.5 Å². The monoisotopic (exact) mass is 494 g/mol. The first-order chi connectivity index (χ1) is 14.8. The molecule has 9 heteroatoms. The lowest BCUT2D eigenvalue weighted by Gasteiger charge is -2.26. The summed E-state index contributed by atoms with van der Waals surface area (Å²) in [7, 11) is 0. The molecule has 3 rings (SSSR count). The van der Waals surface area contributed by atoms with E-state index in [1.165, 1.54) is 12.1 Å². The maximum Gasteiger partial charge on any atom is 0.416 e. The molecule has 1 saturated heterocycles. The van der Waals surface area contributed by atoms with Crippen LogP contribution in [0.2, 0.25) is 0 Å². The number of nitrogens with zero attached hydrogens (tertiary/aromatic N) is 2. The number of rotatable bonds is 5. The second-order valence-corrected chi connectivity index (χ2v) is 7.57. The largest absolute Gasteiger partial charge is 0.483 e. The summed E-state index contributed by atoms with van der Waals surface area (Å²) in [6.45, 7) is 1.98. The van der Waals surface area contributed by atoms with Gasteiger partial charge in [0.1, 0.15) is 5.75 Å². The Kier molecular flexibility index (Phi) is 7.36. The lowest BCUT2D eigenvalue weighted by Crippen LogP contribution is -2.43. The van der Waals surface area contributed by atoms with Crippen molar-refractivity contribution in [3.63, 3.8) is 0 Å². The number of halogens is 4. The van der Waals surface area contributed by atoms with Crippen molar-refractivity contribution in [3.8, 4) is 11.8 Å². The Hall–Kier alpha value is -2.83. The first-order valence-electron chi connectivity index (χ1n) is 9.35. The minimum absolute atomic E-state index is 0.108. The Morgan fingerprint density at radius 3 is 2.45 bits per heavy atom. The molecule has 31 heavy (non-hydrogen) atoms. The van der Waals surface area contributed by atoms with Crippen LogP contribution >= 0.6 is 15.9 Å². The molecule has 0 spiro atoms. The quantitative estimate of drug-likeness (QED) is 0.443. The van der Waals surface area contributed by atoms with Gasteiger partial charge >= 0.3 is 6.18 Å². The smallest absolute Gasteiger partial charge is 0.416 e. The highest BCUT2D eigenvalue weighted by molar-refractivity contribution is 9.10. The van der Waals surface area contributed by atoms with Crippen molar-refractivity contribution in [1.82, 2.24) is 4.90 Å². The summed E-state index contributed by atoms with van der Waals surface area (Å²) >= 11 is 3.39. The van der Waals surface area contributed by atoms with Crippen LogP contribution in [0.3, 0.4) is 0 Å². The molecule has 0 atom stereocenters. The molecule has 0 aromatic heterocycles. The van der Waals surface area contributed by atoms with Gasteiger partial charge in [0.05, 0.1) is 34.9 Å². The number of ether oxygens (including phenoxy) is 2. The van der Waals surface area contributed by atoms with Crippen LogP contribution in [-0.4, -0.2) is 43.7 Å². The summed E-state index contributed by atoms with van der Waals surface area (Å²) in [4.78, 5) is 13.9. The predicted molar refractivity (Wildman–Crippen MR) is 112 cm³/mol. The van der Waals surface area contributed by atoms with Gasteiger partial charge in [-0.2, -0.15) is 18.4 Å². The second kappa shape index (κ2) is 9.98. The molecule has 0 saturated carbocycles. The van der Waals surface area contributed by atoms with E-state index in [0.717, 1.165) is 12.1 Å². The first kappa shape index (κ1) is 22.8. The van der Waals surface area contributed by atoms with Crippen LogP contribution in [0.1, 0.15) is 16.7 Å². The molecule has 2 aromatic rings. The summed E-state index contributed by atoms with van der Waals surface area (Å²) < 4.78 is 49.6. The number of alkyl halides is 3. The zero-order valence-electron chi connectivity index (χ0n) is 16.3. The predicted octanol–water partition coefficient (Wildman–Crippen LogP) is 4.77. The van der Waals surface area contributed by atoms with E-state index in [1.54, 1.807) is 29.2 Å². The van der Waals surface area contributed by atoms with Gasteiger partial charge in [-0.1, -0.05) is 18.2 Å². The number of nitriles is 1. The summed E-state index contributed by atoms with van der Waals surface area (Å²) in [5, 5.41) is 9.44. The lowest BCUT2D eigenvalue weighted by molar-refractivity contribution is -0.138. The number of carbonyl (C=O) groups excluding carboxylic acids is 1. The van der Waals surface area contributed by atoms with E-state index in [1.807, 2.05) is 6.07 Å². The van der Waals surface area contributed by atoms with E-state index in [2.05, 4.69) is 15.9 Å². The van der Waals surface area contributed by atoms with E-state index in [-0.39, 0.29) is 18.1 Å². The number of allylic oxidation sites excluding steroid dienone is 1. The molecule has 2 aromatic carbocycles. The summed E-state index contributed by atoms with van der Waals surface area (Å²) in [6.07, 6.45) is -2.87. The highest BCUT2D eigenvalue weighted by atomic mass is 79.9. The van der Waals surface area contributed by atoms with Crippen LogP contribution in [0.5, 0.6) is 5.75 Å². The highest BCUT2D eigenvalue weighted by Gasteiger charge is 2.30. The van der Waals surface area contributed by atoms with Gasteiger partial charge < -0.3 is 14.4 Å². The van der Waals surface area contributed by atoms with Gasteiger partial charge in [0.25, 0.3) is 5.91 Å². The molecule has 0 bridgehead atoms. The summed E-state index contributed by atoms with van der Waals surface area (Å²) in [5.41, 5.74) is 0.472. The maximum atomic E-state index is 12.7. The molecule has 5 nitrogen and oxygen atoms in total. The number of hydrogen-bond acceptors (Lipinski definition) is 4. The fraction of sp³-hybridized carbons (Fsp3) is 0.273. The zero-order chi connectivity index (χ0) is 22.4. The minimum Gasteiger partial charge on any atom is -0.483 e.